The second-order valence-corrected chi connectivity index (χ2v) is 3.36. The molecule has 15 heavy (non-hydrogen) atoms. The minimum absolute atomic E-state index is 0.000872. The van der Waals surface area contributed by atoms with Gasteiger partial charge in [-0.05, 0) is 12.5 Å². The second kappa shape index (κ2) is 3.77. The standard InChI is InChI=1S/C9H9F3O3/c1-4(2)7(13)8(14)5-3-6(15-5)9(10,11)12/h5-6H,1,3H2,2H3. The summed E-state index contributed by atoms with van der Waals surface area (Å²) in [6.07, 6.45) is -8.14. The smallest absolute Gasteiger partial charge is 0.357 e. The lowest BCUT2D eigenvalue weighted by Gasteiger charge is -2.35. The van der Waals surface area contributed by atoms with Gasteiger partial charge in [-0.15, -0.1) is 0 Å². The fraction of sp³-hybridized carbons (Fsp3) is 0.556. The number of hydrogen-bond acceptors (Lipinski definition) is 3. The lowest BCUT2D eigenvalue weighted by atomic mass is 9.96. The fourth-order valence-electron chi connectivity index (χ4n) is 1.12. The van der Waals surface area contributed by atoms with Crippen molar-refractivity contribution in [1.82, 2.24) is 0 Å². The Morgan fingerprint density at radius 3 is 2.20 bits per heavy atom. The van der Waals surface area contributed by atoms with Gasteiger partial charge in [-0.25, -0.2) is 0 Å². The summed E-state index contributed by atoms with van der Waals surface area (Å²) in [5.41, 5.74) is -0.000872. The van der Waals surface area contributed by atoms with Gasteiger partial charge in [0.2, 0.25) is 11.6 Å². The largest absolute Gasteiger partial charge is 0.414 e. The van der Waals surface area contributed by atoms with E-state index in [0.29, 0.717) is 0 Å². The Kier molecular flexibility index (Phi) is 2.99. The molecule has 1 aliphatic rings. The molecule has 0 N–H and O–H groups in total. The number of ether oxygens (including phenoxy) is 1. The Morgan fingerprint density at radius 1 is 1.40 bits per heavy atom. The second-order valence-electron chi connectivity index (χ2n) is 3.36. The van der Waals surface area contributed by atoms with Gasteiger partial charge in [0.15, 0.2) is 6.10 Å². The van der Waals surface area contributed by atoms with Crippen molar-refractivity contribution < 1.29 is 27.5 Å². The number of carbonyl (C=O) groups is 2. The van der Waals surface area contributed by atoms with Gasteiger partial charge in [0, 0.05) is 6.42 Å². The van der Waals surface area contributed by atoms with Gasteiger partial charge in [-0.3, -0.25) is 9.59 Å². The van der Waals surface area contributed by atoms with Crippen molar-refractivity contribution in [2.24, 2.45) is 0 Å². The summed E-state index contributed by atoms with van der Waals surface area (Å²) in [4.78, 5) is 22.2. The van der Waals surface area contributed by atoms with Crippen molar-refractivity contribution in [1.29, 1.82) is 0 Å². The van der Waals surface area contributed by atoms with E-state index in [2.05, 4.69) is 11.3 Å². The van der Waals surface area contributed by atoms with Crippen LogP contribution in [0.3, 0.4) is 0 Å². The third kappa shape index (κ3) is 2.44. The molecule has 0 aromatic heterocycles. The van der Waals surface area contributed by atoms with E-state index in [9.17, 15) is 22.8 Å². The molecule has 0 radical (unpaired) electrons. The van der Waals surface area contributed by atoms with Crippen LogP contribution in [-0.4, -0.2) is 30.0 Å². The van der Waals surface area contributed by atoms with E-state index in [1.54, 1.807) is 0 Å². The molecule has 0 aromatic carbocycles. The van der Waals surface area contributed by atoms with Crippen molar-refractivity contribution in [2.45, 2.75) is 31.7 Å². The van der Waals surface area contributed by atoms with E-state index in [1.165, 1.54) is 6.92 Å². The molecule has 0 saturated carbocycles. The quantitative estimate of drug-likeness (QED) is 0.535. The number of hydrogen-bond donors (Lipinski definition) is 0. The Morgan fingerprint density at radius 2 is 1.87 bits per heavy atom. The number of rotatable bonds is 3. The Bertz CT molecular complexity index is 313. The van der Waals surface area contributed by atoms with Gasteiger partial charge in [0.05, 0.1) is 0 Å². The maximum Gasteiger partial charge on any atom is 0.414 e. The Hall–Kier alpha value is -1.17. The molecule has 0 bridgehead atoms. The van der Waals surface area contributed by atoms with Crippen molar-refractivity contribution in [2.75, 3.05) is 0 Å². The highest BCUT2D eigenvalue weighted by atomic mass is 19.4. The van der Waals surface area contributed by atoms with Crippen LogP contribution in [0.1, 0.15) is 13.3 Å². The van der Waals surface area contributed by atoms with Crippen molar-refractivity contribution in [3.63, 3.8) is 0 Å². The number of Topliss-reactive ketones (excluding diaryl/α,β-unsaturated/α-hetero) is 2. The van der Waals surface area contributed by atoms with Gasteiger partial charge < -0.3 is 4.74 Å². The highest BCUT2D eigenvalue weighted by Crippen LogP contribution is 2.35. The summed E-state index contributed by atoms with van der Waals surface area (Å²) in [7, 11) is 0. The van der Waals surface area contributed by atoms with Gasteiger partial charge in [-0.1, -0.05) is 6.58 Å². The first-order valence-corrected chi connectivity index (χ1v) is 4.19. The molecule has 6 heteroatoms. The molecule has 0 aliphatic carbocycles. The van der Waals surface area contributed by atoms with E-state index in [-0.39, 0.29) is 5.57 Å². The van der Waals surface area contributed by atoms with Gasteiger partial charge in [0.25, 0.3) is 0 Å². The molecular weight excluding hydrogens is 213 g/mol. The summed E-state index contributed by atoms with van der Waals surface area (Å²) in [5, 5.41) is 0. The number of carbonyl (C=O) groups excluding carboxylic acids is 2. The molecule has 1 fully saturated rings. The van der Waals surface area contributed by atoms with E-state index < -0.39 is 36.4 Å². The third-order valence-electron chi connectivity index (χ3n) is 2.03. The lowest BCUT2D eigenvalue weighted by molar-refractivity contribution is -0.279. The molecular formula is C9H9F3O3. The van der Waals surface area contributed by atoms with Gasteiger partial charge in [-0.2, -0.15) is 13.2 Å². The molecule has 0 amide bonds. The summed E-state index contributed by atoms with van der Waals surface area (Å²) in [6, 6.07) is 0. The number of halogens is 3. The molecule has 0 spiro atoms. The van der Waals surface area contributed by atoms with Crippen LogP contribution in [0.4, 0.5) is 13.2 Å². The Balaban J connectivity index is 2.50. The van der Waals surface area contributed by atoms with Crippen molar-refractivity contribution in [3.05, 3.63) is 12.2 Å². The fourth-order valence-corrected chi connectivity index (χ4v) is 1.12. The van der Waals surface area contributed by atoms with E-state index in [0.717, 1.165) is 0 Å². The number of allylic oxidation sites excluding steroid dienone is 1. The molecule has 2 unspecified atom stereocenters. The van der Waals surface area contributed by atoms with E-state index in [1.807, 2.05) is 0 Å². The van der Waals surface area contributed by atoms with Crippen LogP contribution >= 0.6 is 0 Å². The maximum atomic E-state index is 12.0. The van der Waals surface area contributed by atoms with E-state index >= 15 is 0 Å². The summed E-state index contributed by atoms with van der Waals surface area (Å²) in [5.74, 6) is -1.83. The van der Waals surface area contributed by atoms with Gasteiger partial charge >= 0.3 is 6.18 Å². The monoisotopic (exact) mass is 222 g/mol. The minimum atomic E-state index is -4.47. The third-order valence-corrected chi connectivity index (χ3v) is 2.03. The number of alkyl halides is 3. The van der Waals surface area contributed by atoms with Crippen molar-refractivity contribution in [3.8, 4) is 0 Å². The molecule has 0 aromatic rings. The highest BCUT2D eigenvalue weighted by Gasteiger charge is 2.52. The topological polar surface area (TPSA) is 43.4 Å². The van der Waals surface area contributed by atoms with Crippen LogP contribution < -0.4 is 0 Å². The van der Waals surface area contributed by atoms with Crippen LogP contribution in [0.2, 0.25) is 0 Å². The molecule has 1 heterocycles. The summed E-state index contributed by atoms with van der Waals surface area (Å²) in [6.45, 7) is 4.56. The highest BCUT2D eigenvalue weighted by molar-refractivity contribution is 6.44. The zero-order valence-corrected chi connectivity index (χ0v) is 7.93. The molecule has 1 rings (SSSR count). The van der Waals surface area contributed by atoms with Crippen LogP contribution in [0.5, 0.6) is 0 Å². The van der Waals surface area contributed by atoms with Crippen LogP contribution in [0.15, 0.2) is 12.2 Å². The van der Waals surface area contributed by atoms with E-state index in [4.69, 9.17) is 0 Å². The average Bonchev–Trinajstić information content (AvgIpc) is 1.96. The minimum Gasteiger partial charge on any atom is -0.357 e. The first-order valence-electron chi connectivity index (χ1n) is 4.19. The first kappa shape index (κ1) is 11.9. The first-order chi connectivity index (χ1) is 6.73. The molecule has 1 saturated heterocycles. The Labute approximate surface area is 83.9 Å². The SMILES string of the molecule is C=C(C)C(=O)C(=O)C1CC(C(F)(F)F)O1. The summed E-state index contributed by atoms with van der Waals surface area (Å²) < 4.78 is 40.2. The molecule has 1 aliphatic heterocycles. The predicted molar refractivity (Wildman–Crippen MR) is 44.2 cm³/mol. The zero-order chi connectivity index (χ0) is 11.8. The van der Waals surface area contributed by atoms with Crippen molar-refractivity contribution >= 4 is 11.6 Å². The number of ketones is 2. The van der Waals surface area contributed by atoms with Crippen LogP contribution in [0.25, 0.3) is 0 Å². The van der Waals surface area contributed by atoms with Gasteiger partial charge in [0.1, 0.15) is 6.10 Å². The summed E-state index contributed by atoms with van der Waals surface area (Å²) >= 11 is 0. The lowest BCUT2D eigenvalue weighted by Crippen LogP contribution is -2.52. The normalized spacial score (nSPS) is 25.6. The molecule has 2 atom stereocenters. The molecule has 84 valence electrons. The predicted octanol–water partition coefficient (Wildman–Crippen LogP) is 1.42. The molecule has 3 nitrogen and oxygen atoms in total. The van der Waals surface area contributed by atoms with Crippen LogP contribution in [-0.2, 0) is 14.3 Å². The maximum absolute atomic E-state index is 12.0. The van der Waals surface area contributed by atoms with Crippen LogP contribution in [0, 0.1) is 0 Å². The zero-order valence-electron chi connectivity index (χ0n) is 7.93. The average molecular weight is 222 g/mol.